The minimum atomic E-state index is -3.81. The minimum absolute atomic E-state index is 0.0511. The molecule has 1 N–H and O–H groups in total. The zero-order valence-electron chi connectivity index (χ0n) is 19.7. The number of carbonyl (C=O) groups is 1. The first kappa shape index (κ1) is 24.4. The number of nitrogens with zero attached hydrogens (tertiary/aromatic N) is 3. The van der Waals surface area contributed by atoms with Crippen LogP contribution in [0.25, 0.3) is 0 Å². The Bertz CT molecular complexity index is 1390. The summed E-state index contributed by atoms with van der Waals surface area (Å²) in [6.07, 6.45) is 3.65. The summed E-state index contributed by atoms with van der Waals surface area (Å²) in [7, 11) is -2.12. The molecule has 0 radical (unpaired) electrons. The van der Waals surface area contributed by atoms with Crippen molar-refractivity contribution in [3.8, 4) is 0 Å². The Morgan fingerprint density at radius 3 is 2.37 bits per heavy atom. The van der Waals surface area contributed by atoms with Gasteiger partial charge in [0.25, 0.3) is 5.91 Å². The van der Waals surface area contributed by atoms with E-state index in [1.54, 1.807) is 37.2 Å². The van der Waals surface area contributed by atoms with E-state index in [1.807, 2.05) is 71.5 Å². The molecule has 0 bridgehead atoms. The maximum Gasteiger partial charge on any atom is 0.253 e. The van der Waals surface area contributed by atoms with E-state index >= 15 is 0 Å². The average molecular weight is 489 g/mol. The number of hydrogen-bond acceptors (Lipinski definition) is 4. The molecule has 180 valence electrons. The van der Waals surface area contributed by atoms with Crippen LogP contribution in [-0.4, -0.2) is 36.1 Å². The van der Waals surface area contributed by atoms with E-state index < -0.39 is 16.1 Å². The Hall–Kier alpha value is -3.75. The number of carbonyl (C=O) groups excluding carboxylic acids is 1. The molecular weight excluding hydrogens is 460 g/mol. The topological polar surface area (TPSA) is 84.3 Å². The van der Waals surface area contributed by atoms with E-state index in [-0.39, 0.29) is 10.8 Å². The third-order valence-corrected chi connectivity index (χ3v) is 7.20. The van der Waals surface area contributed by atoms with Gasteiger partial charge in [0.2, 0.25) is 10.0 Å². The Morgan fingerprint density at radius 2 is 1.66 bits per heavy atom. The quantitative estimate of drug-likeness (QED) is 0.382. The lowest BCUT2D eigenvalue weighted by atomic mass is 10.1. The number of nitrogens with one attached hydrogen (secondary N) is 1. The highest BCUT2D eigenvalue weighted by Crippen LogP contribution is 2.19. The van der Waals surface area contributed by atoms with Gasteiger partial charge in [-0.05, 0) is 36.2 Å². The van der Waals surface area contributed by atoms with E-state index in [4.69, 9.17) is 0 Å². The van der Waals surface area contributed by atoms with Gasteiger partial charge in [-0.3, -0.25) is 9.48 Å². The molecule has 0 saturated carbocycles. The maximum absolute atomic E-state index is 13.1. The summed E-state index contributed by atoms with van der Waals surface area (Å²) in [6.45, 7) is 2.79. The van der Waals surface area contributed by atoms with Crippen LogP contribution in [0, 0.1) is 0 Å². The van der Waals surface area contributed by atoms with Crippen molar-refractivity contribution in [2.24, 2.45) is 0 Å². The number of sulfonamides is 1. The van der Waals surface area contributed by atoms with Crippen LogP contribution in [0.15, 0.2) is 102 Å². The second-order valence-corrected chi connectivity index (χ2v) is 10.2. The van der Waals surface area contributed by atoms with Crippen molar-refractivity contribution in [1.82, 2.24) is 19.4 Å². The monoisotopic (exact) mass is 488 g/mol. The van der Waals surface area contributed by atoms with Crippen molar-refractivity contribution >= 4 is 15.9 Å². The lowest BCUT2D eigenvalue weighted by Gasteiger charge is -2.18. The van der Waals surface area contributed by atoms with Crippen molar-refractivity contribution < 1.29 is 13.2 Å². The minimum Gasteiger partial charge on any atom is -0.337 e. The van der Waals surface area contributed by atoms with Gasteiger partial charge < -0.3 is 4.90 Å². The van der Waals surface area contributed by atoms with Crippen molar-refractivity contribution in [3.05, 3.63) is 120 Å². The fraction of sp³-hybridized carbons (Fsp3) is 0.185. The molecule has 1 heterocycles. The van der Waals surface area contributed by atoms with Crippen LogP contribution >= 0.6 is 0 Å². The Balaban J connectivity index is 1.42. The van der Waals surface area contributed by atoms with E-state index in [9.17, 15) is 13.2 Å². The van der Waals surface area contributed by atoms with Gasteiger partial charge >= 0.3 is 0 Å². The Labute approximate surface area is 206 Å². The zero-order chi connectivity index (χ0) is 24.8. The first-order valence-corrected chi connectivity index (χ1v) is 12.8. The van der Waals surface area contributed by atoms with Gasteiger partial charge in [0.15, 0.2) is 0 Å². The van der Waals surface area contributed by atoms with E-state index in [2.05, 4.69) is 9.82 Å². The van der Waals surface area contributed by atoms with Gasteiger partial charge in [0, 0.05) is 37.0 Å². The van der Waals surface area contributed by atoms with Crippen LogP contribution < -0.4 is 4.72 Å². The van der Waals surface area contributed by atoms with Crippen molar-refractivity contribution in [3.63, 3.8) is 0 Å². The third kappa shape index (κ3) is 6.23. The van der Waals surface area contributed by atoms with Crippen LogP contribution in [0.2, 0.25) is 0 Å². The van der Waals surface area contributed by atoms with Crippen LogP contribution in [0.1, 0.15) is 40.0 Å². The first-order chi connectivity index (χ1) is 16.8. The van der Waals surface area contributed by atoms with Crippen LogP contribution in [0.4, 0.5) is 0 Å². The fourth-order valence-corrected chi connectivity index (χ4v) is 5.10. The number of benzene rings is 3. The van der Waals surface area contributed by atoms with Crippen LogP contribution in [0.3, 0.4) is 0 Å². The molecule has 1 atom stereocenters. The molecule has 7 nitrogen and oxygen atoms in total. The number of hydrogen-bond donors (Lipinski definition) is 1. The molecule has 0 aliphatic carbocycles. The summed E-state index contributed by atoms with van der Waals surface area (Å²) < 4.78 is 30.4. The molecular formula is C27H28N4O3S. The molecule has 0 aliphatic rings. The molecule has 0 unspecified atom stereocenters. The molecule has 0 aliphatic heterocycles. The highest BCUT2D eigenvalue weighted by Gasteiger charge is 2.21. The summed E-state index contributed by atoms with van der Waals surface area (Å²) in [4.78, 5) is 14.7. The normalized spacial score (nSPS) is 12.3. The molecule has 1 aromatic heterocycles. The summed E-state index contributed by atoms with van der Waals surface area (Å²) >= 11 is 0. The SMILES string of the molecule is C[C@H](NS(=O)(=O)c1cccc(C(=O)N(C)Cc2cnn(Cc3ccccc3)c2)c1)c1ccccc1. The molecule has 4 aromatic rings. The highest BCUT2D eigenvalue weighted by atomic mass is 32.2. The van der Waals surface area contributed by atoms with Crippen molar-refractivity contribution in [2.45, 2.75) is 31.0 Å². The standard InChI is InChI=1S/C27H28N4O3S/c1-21(24-12-7-4-8-13-24)29-35(33,34)26-15-9-14-25(16-26)27(32)30(2)18-23-17-28-31(20-23)19-22-10-5-3-6-11-22/h3-17,20-21,29H,18-19H2,1-2H3/t21-/m0/s1. The predicted octanol–water partition coefficient (Wildman–Crippen LogP) is 4.24. The lowest BCUT2D eigenvalue weighted by molar-refractivity contribution is 0.0785. The van der Waals surface area contributed by atoms with Gasteiger partial charge in [-0.25, -0.2) is 13.1 Å². The highest BCUT2D eigenvalue weighted by molar-refractivity contribution is 7.89. The number of rotatable bonds is 9. The van der Waals surface area contributed by atoms with E-state index in [0.29, 0.717) is 18.7 Å². The maximum atomic E-state index is 13.1. The van der Waals surface area contributed by atoms with Gasteiger partial charge in [0.1, 0.15) is 0 Å². The predicted molar refractivity (Wildman–Crippen MR) is 135 cm³/mol. The summed E-state index contributed by atoms with van der Waals surface area (Å²) in [5, 5.41) is 4.39. The Kier molecular flexibility index (Phi) is 7.43. The molecule has 0 spiro atoms. The molecule has 1 amide bonds. The van der Waals surface area contributed by atoms with Gasteiger partial charge in [-0.1, -0.05) is 66.7 Å². The smallest absolute Gasteiger partial charge is 0.253 e. The molecule has 0 fully saturated rings. The molecule has 0 saturated heterocycles. The number of aromatic nitrogens is 2. The largest absolute Gasteiger partial charge is 0.337 e. The van der Waals surface area contributed by atoms with Crippen molar-refractivity contribution in [1.29, 1.82) is 0 Å². The molecule has 4 rings (SSSR count). The van der Waals surface area contributed by atoms with Crippen LogP contribution in [0.5, 0.6) is 0 Å². The first-order valence-electron chi connectivity index (χ1n) is 11.3. The number of amides is 1. The van der Waals surface area contributed by atoms with Gasteiger partial charge in [-0.15, -0.1) is 0 Å². The fourth-order valence-electron chi connectivity index (χ4n) is 3.82. The van der Waals surface area contributed by atoms with E-state index in [0.717, 1.165) is 16.7 Å². The van der Waals surface area contributed by atoms with Gasteiger partial charge in [-0.2, -0.15) is 5.10 Å². The zero-order valence-corrected chi connectivity index (χ0v) is 20.5. The summed E-state index contributed by atoms with van der Waals surface area (Å²) in [5.74, 6) is -0.269. The van der Waals surface area contributed by atoms with Crippen LogP contribution in [-0.2, 0) is 23.1 Å². The van der Waals surface area contributed by atoms with Crippen molar-refractivity contribution in [2.75, 3.05) is 7.05 Å². The average Bonchev–Trinajstić information content (AvgIpc) is 3.31. The molecule has 3 aromatic carbocycles. The van der Waals surface area contributed by atoms with E-state index in [1.165, 1.54) is 12.1 Å². The second-order valence-electron chi connectivity index (χ2n) is 8.47. The summed E-state index contributed by atoms with van der Waals surface area (Å²) in [5.41, 5.74) is 3.19. The summed E-state index contributed by atoms with van der Waals surface area (Å²) in [6, 6.07) is 25.0. The second kappa shape index (κ2) is 10.7. The Morgan fingerprint density at radius 1 is 0.971 bits per heavy atom. The third-order valence-electron chi connectivity index (χ3n) is 5.66. The molecule has 35 heavy (non-hydrogen) atoms. The lowest BCUT2D eigenvalue weighted by Crippen LogP contribution is -2.28. The van der Waals surface area contributed by atoms with Gasteiger partial charge in [0.05, 0.1) is 17.6 Å². The molecule has 8 heteroatoms.